The Labute approximate surface area is 41.6 Å². The molecule has 0 atom stereocenters. The maximum Gasteiger partial charge on any atom is 0.234 e. The van der Waals surface area contributed by atoms with Gasteiger partial charge in [-0.05, 0) is 6.92 Å². The second-order valence-corrected chi connectivity index (χ2v) is 0.957. The Hall–Kier alpha value is -0.240. The van der Waals surface area contributed by atoms with Gasteiger partial charge in [0.1, 0.15) is 0 Å². The fourth-order valence-corrected chi connectivity index (χ4v) is 0.142. The molecule has 0 aliphatic carbocycles. The molecule has 35 valence electrons. The van der Waals surface area contributed by atoms with Gasteiger partial charge in [-0.3, -0.25) is 9.63 Å². The Bertz CT molecular complexity index is 48.8. The quantitative estimate of drug-likeness (QED) is 0.484. The average Bonchev–Trinajstić information content (AvgIpc) is 1.65. The third-order valence-electron chi connectivity index (χ3n) is 0.332. The van der Waals surface area contributed by atoms with Gasteiger partial charge in [-0.2, -0.15) is 0 Å². The summed E-state index contributed by atoms with van der Waals surface area (Å²) in [5.41, 5.74) is 0. The van der Waals surface area contributed by atoms with Crippen LogP contribution in [0.5, 0.6) is 0 Å². The first-order chi connectivity index (χ1) is 2.81. The van der Waals surface area contributed by atoms with E-state index in [-0.39, 0.29) is 12.3 Å². The van der Waals surface area contributed by atoms with Gasteiger partial charge < -0.3 is 0 Å². The Balaban J connectivity index is 2.99. The second-order valence-electron chi connectivity index (χ2n) is 0.768. The lowest BCUT2D eigenvalue weighted by Crippen LogP contribution is -2.09. The molecule has 0 fully saturated rings. The fraction of sp³-hybridized carbons (Fsp3) is 0.333. The molecule has 0 unspecified atom stereocenters. The molecule has 0 bridgehead atoms. The van der Waals surface area contributed by atoms with Crippen molar-refractivity contribution in [2.24, 2.45) is 0 Å². The van der Waals surface area contributed by atoms with Crippen LogP contribution in [0.15, 0.2) is 0 Å². The third-order valence-corrected chi connectivity index (χ3v) is 0.543. The van der Waals surface area contributed by atoms with E-state index in [1.165, 1.54) is 0 Å². The van der Waals surface area contributed by atoms with Gasteiger partial charge in [0, 0.05) is 18.2 Å². The van der Waals surface area contributed by atoms with Crippen molar-refractivity contribution in [3.63, 3.8) is 0 Å². The lowest BCUT2D eigenvalue weighted by Gasteiger charge is -1.83. The molecule has 6 heavy (non-hydrogen) atoms. The Morgan fingerprint density at radius 1 is 2.00 bits per heavy atom. The maximum atomic E-state index is 9.88. The van der Waals surface area contributed by atoms with E-state index >= 15 is 0 Å². The summed E-state index contributed by atoms with van der Waals surface area (Å²) in [4.78, 5) is 11.8. The highest BCUT2D eigenvalue weighted by atomic mass is 35.5. The van der Waals surface area contributed by atoms with Crippen molar-refractivity contribution in [1.29, 1.82) is 0 Å². The summed E-state index contributed by atoms with van der Waals surface area (Å²) in [7, 11) is 0. The van der Waals surface area contributed by atoms with Gasteiger partial charge in [-0.1, -0.05) is 0 Å². The van der Waals surface area contributed by atoms with E-state index in [1.807, 2.05) is 4.84 Å². The first-order valence-electron chi connectivity index (χ1n) is 1.50. The van der Waals surface area contributed by atoms with Gasteiger partial charge in [-0.15, -0.1) is 0 Å². The zero-order valence-electron chi connectivity index (χ0n) is 3.20. The summed E-state index contributed by atoms with van der Waals surface area (Å²) < 4.78 is 0. The topological polar surface area (TPSA) is 29.1 Å². The minimum Gasteiger partial charge on any atom is -0.274 e. The Kier molecular flexibility index (Phi) is 2.85. The van der Waals surface area contributed by atoms with Crippen LogP contribution in [0.1, 0.15) is 6.42 Å². The summed E-state index contributed by atoms with van der Waals surface area (Å²) in [6.07, 6.45) is 0.198. The molecule has 0 heterocycles. The summed E-state index contributed by atoms with van der Waals surface area (Å²) in [6.45, 7) is 3.26. The number of nitrogens with one attached hydrogen (secondary N) is 1. The maximum absolute atomic E-state index is 9.88. The first kappa shape index (κ1) is 5.76. The van der Waals surface area contributed by atoms with Crippen molar-refractivity contribution in [3.05, 3.63) is 6.92 Å². The molecule has 0 rings (SSSR count). The highest BCUT2D eigenvalue weighted by molar-refractivity contribution is 6.21. The highest BCUT2D eigenvalue weighted by Gasteiger charge is 1.86. The predicted octanol–water partition coefficient (Wildman–Crippen LogP) is 0.481. The fourth-order valence-electron chi connectivity index (χ4n) is 0.0472. The Morgan fingerprint density at radius 3 is 2.50 bits per heavy atom. The molecular weight excluding hydrogens is 101 g/mol. The molecule has 0 aliphatic heterocycles. The normalized spacial score (nSPS) is 7.67. The molecule has 1 N–H and O–H groups in total. The van der Waals surface area contributed by atoms with E-state index in [0.717, 1.165) is 0 Å². The van der Waals surface area contributed by atoms with Crippen molar-refractivity contribution >= 4 is 17.7 Å². The smallest absolute Gasteiger partial charge is 0.234 e. The molecule has 1 radical (unpaired) electrons. The number of hydrogen-bond donors (Lipinski definition) is 1. The first-order valence-corrected chi connectivity index (χ1v) is 1.87. The van der Waals surface area contributed by atoms with Gasteiger partial charge in [-0.25, -0.2) is 0 Å². The zero-order valence-corrected chi connectivity index (χ0v) is 3.96. The van der Waals surface area contributed by atoms with E-state index in [4.69, 9.17) is 11.8 Å². The van der Waals surface area contributed by atoms with E-state index in [2.05, 4.69) is 6.92 Å². The van der Waals surface area contributed by atoms with Gasteiger partial charge in [0.25, 0.3) is 0 Å². The number of rotatable bonds is 1. The average molecular weight is 107 g/mol. The molecule has 1 amide bonds. The number of hydrogen-bond acceptors (Lipinski definition) is 1. The zero-order chi connectivity index (χ0) is 4.99. The van der Waals surface area contributed by atoms with Gasteiger partial charge in [0.15, 0.2) is 0 Å². The van der Waals surface area contributed by atoms with Gasteiger partial charge in [0.05, 0.1) is 0 Å². The van der Waals surface area contributed by atoms with Crippen molar-refractivity contribution in [1.82, 2.24) is 4.84 Å². The second kappa shape index (κ2) is 2.97. The van der Waals surface area contributed by atoms with Crippen LogP contribution in [-0.4, -0.2) is 5.91 Å². The standard InChI is InChI=1S/C3H5ClNO/c1-2-3(6)5-4/h1-2H2,(H,5,6). The van der Waals surface area contributed by atoms with Crippen molar-refractivity contribution < 1.29 is 4.79 Å². The van der Waals surface area contributed by atoms with Crippen LogP contribution in [-0.2, 0) is 4.79 Å². The number of amides is 1. The van der Waals surface area contributed by atoms with Gasteiger partial charge >= 0.3 is 0 Å². The van der Waals surface area contributed by atoms with Crippen LogP contribution in [0, 0.1) is 6.92 Å². The molecule has 3 heteroatoms. The highest BCUT2D eigenvalue weighted by Crippen LogP contribution is 1.72. The van der Waals surface area contributed by atoms with E-state index < -0.39 is 0 Å². The number of halogens is 1. The molecule has 0 saturated carbocycles. The van der Waals surface area contributed by atoms with Crippen LogP contribution in [0.4, 0.5) is 0 Å². The van der Waals surface area contributed by atoms with Crippen LogP contribution >= 0.6 is 11.8 Å². The van der Waals surface area contributed by atoms with Crippen molar-refractivity contribution in [3.8, 4) is 0 Å². The molecule has 0 spiro atoms. The van der Waals surface area contributed by atoms with Crippen LogP contribution < -0.4 is 4.84 Å². The van der Waals surface area contributed by atoms with Gasteiger partial charge in [0.2, 0.25) is 5.91 Å². The summed E-state index contributed by atoms with van der Waals surface area (Å²) in [6, 6.07) is 0. The molecule has 2 nitrogen and oxygen atoms in total. The minimum absolute atomic E-state index is 0.198. The lowest BCUT2D eigenvalue weighted by atomic mass is 10.5. The predicted molar refractivity (Wildman–Crippen MR) is 24.0 cm³/mol. The molecule has 0 aromatic heterocycles. The van der Waals surface area contributed by atoms with Crippen molar-refractivity contribution in [2.45, 2.75) is 6.42 Å². The minimum atomic E-state index is -0.253. The largest absolute Gasteiger partial charge is 0.274 e. The van der Waals surface area contributed by atoms with Crippen LogP contribution in [0.25, 0.3) is 0 Å². The lowest BCUT2D eigenvalue weighted by molar-refractivity contribution is -0.118. The monoisotopic (exact) mass is 106 g/mol. The molecular formula is C3H5ClNO. The van der Waals surface area contributed by atoms with E-state index in [1.54, 1.807) is 0 Å². The number of carbonyl (C=O) groups excluding carboxylic acids is 1. The Morgan fingerprint density at radius 2 is 2.50 bits per heavy atom. The van der Waals surface area contributed by atoms with Crippen molar-refractivity contribution in [2.75, 3.05) is 0 Å². The van der Waals surface area contributed by atoms with E-state index in [9.17, 15) is 4.79 Å². The van der Waals surface area contributed by atoms with E-state index in [0.29, 0.717) is 0 Å². The molecule has 0 aromatic carbocycles. The van der Waals surface area contributed by atoms with Crippen LogP contribution in [0.3, 0.4) is 0 Å². The SMILES string of the molecule is [CH2]CC(=O)NCl. The molecule has 0 aliphatic rings. The molecule has 0 saturated heterocycles. The summed E-state index contributed by atoms with van der Waals surface area (Å²) in [5, 5.41) is 0. The third kappa shape index (κ3) is 2.03. The summed E-state index contributed by atoms with van der Waals surface area (Å²) >= 11 is 4.81. The number of carbonyl (C=O) groups is 1. The van der Waals surface area contributed by atoms with Crippen LogP contribution in [0.2, 0.25) is 0 Å². The molecule has 0 aromatic rings. The summed E-state index contributed by atoms with van der Waals surface area (Å²) in [5.74, 6) is -0.253.